The van der Waals surface area contributed by atoms with Crippen LogP contribution in [-0.4, -0.2) is 20.5 Å². The van der Waals surface area contributed by atoms with Gasteiger partial charge in [0, 0.05) is 19.0 Å². The summed E-state index contributed by atoms with van der Waals surface area (Å²) in [6.07, 6.45) is 2.64. The maximum absolute atomic E-state index is 11.5. The summed E-state index contributed by atoms with van der Waals surface area (Å²) in [4.78, 5) is 13.9. The highest BCUT2D eigenvalue weighted by Crippen LogP contribution is 2.05. The SMILES string of the molecule is CS(=O)(=N[N+](=O)[O-])NCc1ccc(Cl)nc1. The van der Waals surface area contributed by atoms with Crippen molar-refractivity contribution in [2.75, 3.05) is 6.26 Å². The van der Waals surface area contributed by atoms with Crippen LogP contribution in [0, 0.1) is 10.1 Å². The first-order chi connectivity index (χ1) is 7.39. The summed E-state index contributed by atoms with van der Waals surface area (Å²) in [5.41, 5.74) is 0.706. The molecule has 0 saturated heterocycles. The van der Waals surface area contributed by atoms with Crippen LogP contribution >= 0.6 is 11.6 Å². The molecule has 0 aliphatic heterocycles. The second-order valence-corrected chi connectivity index (χ2v) is 5.38. The Morgan fingerprint density at radius 1 is 1.69 bits per heavy atom. The molecule has 0 aliphatic carbocycles. The molecule has 0 saturated carbocycles. The van der Waals surface area contributed by atoms with E-state index in [0.717, 1.165) is 6.26 Å². The van der Waals surface area contributed by atoms with Gasteiger partial charge in [-0.1, -0.05) is 17.7 Å². The Balaban J connectivity index is 2.68. The van der Waals surface area contributed by atoms with Gasteiger partial charge in [0.25, 0.3) is 0 Å². The van der Waals surface area contributed by atoms with Gasteiger partial charge in [-0.25, -0.2) is 24.0 Å². The zero-order chi connectivity index (χ0) is 12.2. The first-order valence-corrected chi connectivity index (χ1v) is 6.41. The van der Waals surface area contributed by atoms with Gasteiger partial charge in [0.05, 0.1) is 0 Å². The van der Waals surface area contributed by atoms with Crippen molar-refractivity contribution in [2.24, 2.45) is 4.47 Å². The monoisotopic (exact) mass is 264 g/mol. The molecule has 88 valence electrons. The number of nitro groups is 1. The number of pyridine rings is 1. The van der Waals surface area contributed by atoms with Crippen LogP contribution in [0.3, 0.4) is 0 Å². The highest BCUT2D eigenvalue weighted by atomic mass is 35.5. The molecule has 1 aromatic rings. The maximum Gasteiger partial charge on any atom is 0.201 e. The predicted octanol–water partition coefficient (Wildman–Crippen LogP) is 1.03. The van der Waals surface area contributed by atoms with Crippen LogP contribution in [0.15, 0.2) is 22.8 Å². The molecule has 0 aromatic carbocycles. The number of halogens is 1. The predicted molar refractivity (Wildman–Crippen MR) is 59.6 cm³/mol. The van der Waals surface area contributed by atoms with Crippen LogP contribution in [0.25, 0.3) is 0 Å². The van der Waals surface area contributed by atoms with Crippen molar-refractivity contribution in [2.45, 2.75) is 6.54 Å². The minimum atomic E-state index is -3.02. The number of nitrogens with one attached hydrogen (secondary N) is 1. The average molecular weight is 265 g/mol. The quantitative estimate of drug-likeness (QED) is 0.499. The molecule has 9 heteroatoms. The van der Waals surface area contributed by atoms with Crippen LogP contribution in [0.2, 0.25) is 5.15 Å². The molecule has 0 fully saturated rings. The Bertz CT molecular complexity index is 495. The third-order valence-electron chi connectivity index (χ3n) is 1.56. The lowest BCUT2D eigenvalue weighted by Gasteiger charge is -2.03. The fraction of sp³-hybridized carbons (Fsp3) is 0.286. The summed E-state index contributed by atoms with van der Waals surface area (Å²) in [5.74, 6) is 0. The van der Waals surface area contributed by atoms with E-state index >= 15 is 0 Å². The summed E-state index contributed by atoms with van der Waals surface area (Å²) >= 11 is 5.57. The molecule has 0 aliphatic rings. The molecule has 1 N–H and O–H groups in total. The second kappa shape index (κ2) is 5.19. The van der Waals surface area contributed by atoms with E-state index in [1.54, 1.807) is 12.1 Å². The van der Waals surface area contributed by atoms with E-state index in [0.29, 0.717) is 10.7 Å². The maximum atomic E-state index is 11.5. The molecule has 0 amide bonds. The highest BCUT2D eigenvalue weighted by Gasteiger charge is 2.06. The summed E-state index contributed by atoms with van der Waals surface area (Å²) < 4.78 is 16.8. The van der Waals surface area contributed by atoms with Crippen LogP contribution in [-0.2, 0) is 16.5 Å². The van der Waals surface area contributed by atoms with E-state index < -0.39 is 14.9 Å². The molecule has 1 aromatic heterocycles. The average Bonchev–Trinajstić information content (AvgIpc) is 2.15. The lowest BCUT2D eigenvalue weighted by molar-refractivity contribution is -0.482. The van der Waals surface area contributed by atoms with Crippen molar-refractivity contribution < 1.29 is 9.24 Å². The Labute approximate surface area is 97.3 Å². The first kappa shape index (κ1) is 12.8. The molecule has 0 bridgehead atoms. The van der Waals surface area contributed by atoms with E-state index in [1.807, 2.05) is 0 Å². The summed E-state index contributed by atoms with van der Waals surface area (Å²) in [5, 5.41) is 9.43. The third-order valence-corrected chi connectivity index (χ3v) is 2.90. The molecule has 1 unspecified atom stereocenters. The van der Waals surface area contributed by atoms with E-state index in [-0.39, 0.29) is 6.54 Å². The molecular formula is C7H9ClN4O3S. The van der Waals surface area contributed by atoms with Crippen LogP contribution < -0.4 is 4.72 Å². The van der Waals surface area contributed by atoms with Crippen molar-refractivity contribution in [1.29, 1.82) is 0 Å². The van der Waals surface area contributed by atoms with Gasteiger partial charge in [0.1, 0.15) is 9.62 Å². The zero-order valence-electron chi connectivity index (χ0n) is 8.29. The third kappa shape index (κ3) is 4.51. The van der Waals surface area contributed by atoms with Crippen LogP contribution in [0.1, 0.15) is 5.56 Å². The Morgan fingerprint density at radius 3 is 2.88 bits per heavy atom. The van der Waals surface area contributed by atoms with Crippen LogP contribution in [0.5, 0.6) is 0 Å². The van der Waals surface area contributed by atoms with Crippen LogP contribution in [0.4, 0.5) is 0 Å². The Morgan fingerprint density at radius 2 is 2.38 bits per heavy atom. The number of nitrogens with zero attached hydrogens (tertiary/aromatic N) is 3. The van der Waals surface area contributed by atoms with E-state index in [4.69, 9.17) is 11.6 Å². The molecule has 7 nitrogen and oxygen atoms in total. The molecule has 16 heavy (non-hydrogen) atoms. The van der Waals surface area contributed by atoms with E-state index in [2.05, 4.69) is 14.2 Å². The Hall–Kier alpha value is -1.25. The second-order valence-electron chi connectivity index (χ2n) is 2.93. The lowest BCUT2D eigenvalue weighted by atomic mass is 10.3. The van der Waals surface area contributed by atoms with Crippen molar-refractivity contribution in [3.8, 4) is 0 Å². The topological polar surface area (TPSA) is 97.5 Å². The van der Waals surface area contributed by atoms with E-state index in [9.17, 15) is 14.3 Å². The van der Waals surface area contributed by atoms with Gasteiger partial charge < -0.3 is 0 Å². The van der Waals surface area contributed by atoms with Gasteiger partial charge in [-0.2, -0.15) is 0 Å². The molecule has 1 atom stereocenters. The molecule has 1 heterocycles. The lowest BCUT2D eigenvalue weighted by Crippen LogP contribution is -2.22. The van der Waals surface area contributed by atoms with Gasteiger partial charge in [0.2, 0.25) is 5.03 Å². The Kier molecular flexibility index (Phi) is 4.16. The van der Waals surface area contributed by atoms with Gasteiger partial charge in [-0.3, -0.25) is 0 Å². The normalized spacial score (nSPS) is 14.1. The van der Waals surface area contributed by atoms with Gasteiger partial charge in [0.15, 0.2) is 9.92 Å². The van der Waals surface area contributed by atoms with Gasteiger partial charge in [-0.05, 0) is 11.6 Å². The number of aromatic nitrogens is 1. The molecular weight excluding hydrogens is 256 g/mol. The van der Waals surface area contributed by atoms with Crippen molar-refractivity contribution in [3.63, 3.8) is 0 Å². The first-order valence-electron chi connectivity index (χ1n) is 4.10. The van der Waals surface area contributed by atoms with Crippen molar-refractivity contribution in [3.05, 3.63) is 39.2 Å². The smallest absolute Gasteiger partial charge is 0.201 e. The molecule has 0 spiro atoms. The van der Waals surface area contributed by atoms with E-state index in [1.165, 1.54) is 6.20 Å². The molecule has 0 radical (unpaired) electrons. The number of hydrogen-bond acceptors (Lipinski definition) is 4. The number of hydrogen-bond donors (Lipinski definition) is 1. The molecule has 1 rings (SSSR count). The van der Waals surface area contributed by atoms with Crippen molar-refractivity contribution >= 4 is 21.5 Å². The van der Waals surface area contributed by atoms with Crippen molar-refractivity contribution in [1.82, 2.24) is 9.71 Å². The minimum Gasteiger partial charge on any atom is -0.244 e. The summed E-state index contributed by atoms with van der Waals surface area (Å²) in [7, 11) is -3.02. The highest BCUT2D eigenvalue weighted by molar-refractivity contribution is 7.90. The fourth-order valence-electron chi connectivity index (χ4n) is 0.884. The number of rotatable bonds is 4. The standard InChI is InChI=1S/C7H9ClN4O3S/c1-16(15,11-12(13)14)10-5-6-2-3-7(8)9-4-6/h2-4H,5H2,1H3,(H,10,11,15). The van der Waals surface area contributed by atoms with Gasteiger partial charge >= 0.3 is 0 Å². The fourth-order valence-corrected chi connectivity index (χ4v) is 1.74. The zero-order valence-corrected chi connectivity index (χ0v) is 9.86. The largest absolute Gasteiger partial charge is 0.244 e. The van der Waals surface area contributed by atoms with Gasteiger partial charge in [-0.15, -0.1) is 0 Å². The summed E-state index contributed by atoms with van der Waals surface area (Å²) in [6, 6.07) is 3.24. The summed E-state index contributed by atoms with van der Waals surface area (Å²) in [6.45, 7) is 0.164. The minimum absolute atomic E-state index is 0.164.